The molecule has 8 atom stereocenters. The molecule has 0 aromatic rings. The third-order valence-electron chi connectivity index (χ3n) is 10.3. The van der Waals surface area contributed by atoms with E-state index in [1.165, 1.54) is 5.57 Å². The first-order valence-electron chi connectivity index (χ1n) is 12.8. The summed E-state index contributed by atoms with van der Waals surface area (Å²) in [6, 6.07) is 0. The normalized spacial score (nSPS) is 43.4. The molecule has 4 rings (SSSR count). The summed E-state index contributed by atoms with van der Waals surface area (Å²) in [5, 5.41) is 31.6. The SMILES string of the molecule is CC(C)C(=O)CCC(CO)C1CCC2C3=C(CCC21C)C1(C)CCC(O)CC1C(O)C3. The van der Waals surface area contributed by atoms with Crippen LogP contribution in [0.15, 0.2) is 11.1 Å². The van der Waals surface area contributed by atoms with Crippen molar-refractivity contribution in [2.75, 3.05) is 6.61 Å². The fourth-order valence-corrected chi connectivity index (χ4v) is 8.34. The fraction of sp³-hybridized carbons (Fsp3) is 0.889. The van der Waals surface area contributed by atoms with Crippen LogP contribution in [-0.4, -0.2) is 39.9 Å². The molecule has 31 heavy (non-hydrogen) atoms. The Morgan fingerprint density at radius 1 is 1.13 bits per heavy atom. The van der Waals surface area contributed by atoms with E-state index in [9.17, 15) is 20.1 Å². The lowest BCUT2D eigenvalue weighted by Gasteiger charge is -2.56. The minimum atomic E-state index is -0.350. The van der Waals surface area contributed by atoms with Crippen LogP contribution in [0.4, 0.5) is 0 Å². The zero-order chi connectivity index (χ0) is 22.6. The number of ketones is 1. The molecule has 4 aliphatic carbocycles. The van der Waals surface area contributed by atoms with E-state index in [1.807, 2.05) is 13.8 Å². The van der Waals surface area contributed by atoms with Crippen molar-refractivity contribution in [1.82, 2.24) is 0 Å². The Morgan fingerprint density at radius 3 is 2.55 bits per heavy atom. The van der Waals surface area contributed by atoms with Gasteiger partial charge in [0.1, 0.15) is 5.78 Å². The van der Waals surface area contributed by atoms with Gasteiger partial charge in [0, 0.05) is 18.9 Å². The van der Waals surface area contributed by atoms with Crippen LogP contribution in [0, 0.1) is 40.4 Å². The monoisotopic (exact) mass is 432 g/mol. The molecule has 176 valence electrons. The molecule has 0 amide bonds. The lowest BCUT2D eigenvalue weighted by molar-refractivity contribution is -0.122. The van der Waals surface area contributed by atoms with Gasteiger partial charge in [0.25, 0.3) is 0 Å². The number of fused-ring (bicyclic) bond motifs is 4. The molecule has 0 saturated heterocycles. The van der Waals surface area contributed by atoms with Gasteiger partial charge in [0.2, 0.25) is 0 Å². The molecule has 0 radical (unpaired) electrons. The van der Waals surface area contributed by atoms with Gasteiger partial charge in [-0.3, -0.25) is 4.79 Å². The second-order valence-corrected chi connectivity index (χ2v) is 12.1. The summed E-state index contributed by atoms with van der Waals surface area (Å²) >= 11 is 0. The molecule has 0 bridgehead atoms. The van der Waals surface area contributed by atoms with E-state index in [2.05, 4.69) is 13.8 Å². The Kier molecular flexibility index (Phi) is 6.48. The van der Waals surface area contributed by atoms with Crippen molar-refractivity contribution in [3.8, 4) is 0 Å². The number of allylic oxidation sites excluding steroid dienone is 1. The number of hydrogen-bond donors (Lipinski definition) is 3. The second kappa shape index (κ2) is 8.57. The number of aliphatic hydroxyl groups excluding tert-OH is 3. The predicted octanol–water partition coefficient (Wildman–Crippen LogP) is 4.66. The Morgan fingerprint density at radius 2 is 1.87 bits per heavy atom. The van der Waals surface area contributed by atoms with Crippen molar-refractivity contribution in [2.24, 2.45) is 40.4 Å². The first-order chi connectivity index (χ1) is 14.6. The lowest BCUT2D eigenvalue weighted by Crippen LogP contribution is -2.50. The van der Waals surface area contributed by atoms with Crippen molar-refractivity contribution < 1.29 is 20.1 Å². The Labute approximate surface area is 188 Å². The van der Waals surface area contributed by atoms with Crippen molar-refractivity contribution in [1.29, 1.82) is 0 Å². The van der Waals surface area contributed by atoms with Crippen LogP contribution in [-0.2, 0) is 4.79 Å². The van der Waals surface area contributed by atoms with E-state index in [1.54, 1.807) is 5.57 Å². The molecule has 2 saturated carbocycles. The molecule has 2 fully saturated rings. The Hall–Kier alpha value is -0.710. The first-order valence-corrected chi connectivity index (χ1v) is 12.8. The number of hydrogen-bond acceptors (Lipinski definition) is 4. The van der Waals surface area contributed by atoms with E-state index in [4.69, 9.17) is 0 Å². The zero-order valence-corrected chi connectivity index (χ0v) is 20.1. The molecule has 0 aliphatic heterocycles. The second-order valence-electron chi connectivity index (χ2n) is 12.1. The maximum absolute atomic E-state index is 12.2. The van der Waals surface area contributed by atoms with Gasteiger partial charge in [-0.2, -0.15) is 0 Å². The van der Waals surface area contributed by atoms with Gasteiger partial charge in [-0.25, -0.2) is 0 Å². The minimum absolute atomic E-state index is 0.0334. The van der Waals surface area contributed by atoms with Crippen molar-refractivity contribution >= 4 is 5.78 Å². The molecule has 0 aromatic heterocycles. The average Bonchev–Trinajstić information content (AvgIpc) is 3.07. The number of aliphatic hydroxyl groups is 3. The van der Waals surface area contributed by atoms with E-state index in [0.717, 1.165) is 57.8 Å². The standard InChI is InChI=1S/C27H44O4/c1-16(2)24(30)8-5-17(15-28)20-6-7-21-19-14-25(31)23-13-18(29)9-11-27(23,4)22(19)10-12-26(20,21)3/h16-18,20-21,23,25,28-29,31H,5-15H2,1-4H3. The molecule has 3 N–H and O–H groups in total. The minimum Gasteiger partial charge on any atom is -0.396 e. The van der Waals surface area contributed by atoms with E-state index >= 15 is 0 Å². The molecule has 0 spiro atoms. The highest BCUT2D eigenvalue weighted by Gasteiger charge is 2.57. The van der Waals surface area contributed by atoms with E-state index < -0.39 is 0 Å². The van der Waals surface area contributed by atoms with Crippen molar-refractivity contribution in [2.45, 2.75) is 104 Å². The van der Waals surface area contributed by atoms with Gasteiger partial charge in [0.15, 0.2) is 0 Å². The summed E-state index contributed by atoms with van der Waals surface area (Å²) in [4.78, 5) is 12.2. The number of carbonyl (C=O) groups excluding carboxylic acids is 1. The van der Waals surface area contributed by atoms with Gasteiger partial charge in [-0.05, 0) is 92.3 Å². The van der Waals surface area contributed by atoms with Crippen LogP contribution in [0.1, 0.15) is 91.9 Å². The smallest absolute Gasteiger partial charge is 0.135 e. The van der Waals surface area contributed by atoms with Crippen LogP contribution in [0.25, 0.3) is 0 Å². The summed E-state index contributed by atoms with van der Waals surface area (Å²) in [5.41, 5.74) is 3.32. The molecule has 4 heteroatoms. The first kappa shape index (κ1) is 23.4. The molecule has 4 nitrogen and oxygen atoms in total. The zero-order valence-electron chi connectivity index (χ0n) is 20.1. The summed E-state index contributed by atoms with van der Waals surface area (Å²) in [7, 11) is 0. The van der Waals surface area contributed by atoms with E-state index in [-0.39, 0.29) is 47.4 Å². The van der Waals surface area contributed by atoms with Crippen molar-refractivity contribution in [3.05, 3.63) is 11.1 Å². The maximum Gasteiger partial charge on any atom is 0.135 e. The van der Waals surface area contributed by atoms with Crippen LogP contribution < -0.4 is 0 Å². The summed E-state index contributed by atoms with van der Waals surface area (Å²) in [6.45, 7) is 8.88. The molecule has 0 heterocycles. The number of carbonyl (C=O) groups is 1. The van der Waals surface area contributed by atoms with Gasteiger partial charge >= 0.3 is 0 Å². The highest BCUT2D eigenvalue weighted by Crippen LogP contribution is 2.66. The Bertz CT molecular complexity index is 727. The van der Waals surface area contributed by atoms with E-state index in [0.29, 0.717) is 24.0 Å². The highest BCUT2D eigenvalue weighted by atomic mass is 16.3. The highest BCUT2D eigenvalue weighted by molar-refractivity contribution is 5.80. The van der Waals surface area contributed by atoms with Crippen LogP contribution in [0.5, 0.6) is 0 Å². The molecular formula is C27H44O4. The summed E-state index contributed by atoms with van der Waals surface area (Å²) in [6.07, 6.45) is 8.60. The fourth-order valence-electron chi connectivity index (χ4n) is 8.34. The third kappa shape index (κ3) is 3.85. The largest absolute Gasteiger partial charge is 0.396 e. The maximum atomic E-state index is 12.2. The van der Waals surface area contributed by atoms with Crippen LogP contribution in [0.2, 0.25) is 0 Å². The third-order valence-corrected chi connectivity index (χ3v) is 10.3. The van der Waals surface area contributed by atoms with Gasteiger partial charge in [-0.15, -0.1) is 0 Å². The lowest BCUT2D eigenvalue weighted by atomic mass is 9.50. The van der Waals surface area contributed by atoms with Crippen LogP contribution >= 0.6 is 0 Å². The molecule has 8 unspecified atom stereocenters. The van der Waals surface area contributed by atoms with Crippen LogP contribution in [0.3, 0.4) is 0 Å². The molecule has 4 aliphatic rings. The number of Topliss-reactive ketones (excluding diaryl/α,β-unsaturated/α-hetero) is 1. The molecular weight excluding hydrogens is 388 g/mol. The van der Waals surface area contributed by atoms with Gasteiger partial charge in [-0.1, -0.05) is 38.8 Å². The Balaban J connectivity index is 1.58. The molecule has 0 aromatic carbocycles. The average molecular weight is 433 g/mol. The quantitative estimate of drug-likeness (QED) is 0.534. The topological polar surface area (TPSA) is 77.8 Å². The summed E-state index contributed by atoms with van der Waals surface area (Å²) < 4.78 is 0. The van der Waals surface area contributed by atoms with Gasteiger partial charge < -0.3 is 15.3 Å². The predicted molar refractivity (Wildman–Crippen MR) is 122 cm³/mol. The number of rotatable bonds is 6. The van der Waals surface area contributed by atoms with Gasteiger partial charge in [0.05, 0.1) is 12.2 Å². The summed E-state index contributed by atoms with van der Waals surface area (Å²) in [5.74, 6) is 1.70. The van der Waals surface area contributed by atoms with Crippen molar-refractivity contribution in [3.63, 3.8) is 0 Å².